The Balaban J connectivity index is 2.23. The summed E-state index contributed by atoms with van der Waals surface area (Å²) in [6.07, 6.45) is 1.69. The van der Waals surface area contributed by atoms with Crippen LogP contribution in [0.3, 0.4) is 0 Å². The molecule has 2 N–H and O–H groups in total. The third kappa shape index (κ3) is 3.42. The van der Waals surface area contributed by atoms with E-state index in [9.17, 15) is 4.79 Å². The molecule has 0 saturated heterocycles. The average molecular weight is 343 g/mol. The Bertz CT molecular complexity index is 661. The number of halogens is 1. The number of rotatable bonds is 4. The highest BCUT2D eigenvalue weighted by molar-refractivity contribution is 9.10. The zero-order valence-corrected chi connectivity index (χ0v) is 13.1. The molecule has 0 bridgehead atoms. The predicted molar refractivity (Wildman–Crippen MR) is 80.5 cm³/mol. The van der Waals surface area contributed by atoms with Crippen LogP contribution >= 0.6 is 28.1 Å². The van der Waals surface area contributed by atoms with Crippen LogP contribution in [0.5, 0.6) is 0 Å². The molecule has 0 fully saturated rings. The number of imidazole rings is 1. The summed E-state index contributed by atoms with van der Waals surface area (Å²) in [6.45, 7) is 4.95. The van der Waals surface area contributed by atoms with E-state index in [-0.39, 0.29) is 12.5 Å². The van der Waals surface area contributed by atoms with Crippen molar-refractivity contribution in [1.29, 1.82) is 0 Å². The largest absolute Gasteiger partial charge is 0.354 e. The van der Waals surface area contributed by atoms with Crippen molar-refractivity contribution >= 4 is 45.2 Å². The molecule has 2 heterocycles. The predicted octanol–water partition coefficient (Wildman–Crippen LogP) is 2.63. The molecule has 0 spiro atoms. The summed E-state index contributed by atoms with van der Waals surface area (Å²) in [5.74, 6) is 0.365. The Kier molecular flexibility index (Phi) is 4.36. The molecule has 1 amide bonds. The fourth-order valence-corrected chi connectivity index (χ4v) is 2.27. The van der Waals surface area contributed by atoms with Crippen LogP contribution in [-0.4, -0.2) is 27.0 Å². The van der Waals surface area contributed by atoms with Gasteiger partial charge in [-0.3, -0.25) is 9.36 Å². The number of nitrogens with zero attached hydrogens (tertiary/aromatic N) is 2. The van der Waals surface area contributed by atoms with E-state index in [1.54, 1.807) is 10.8 Å². The maximum atomic E-state index is 11.8. The zero-order valence-electron chi connectivity index (χ0n) is 10.7. The van der Waals surface area contributed by atoms with E-state index >= 15 is 0 Å². The summed E-state index contributed by atoms with van der Waals surface area (Å²) in [7, 11) is 0. The van der Waals surface area contributed by atoms with Gasteiger partial charge in [-0.2, -0.15) is 0 Å². The lowest BCUT2D eigenvalue weighted by atomic mass is 10.2. The van der Waals surface area contributed by atoms with Crippen molar-refractivity contribution in [1.82, 2.24) is 19.9 Å². The van der Waals surface area contributed by atoms with Gasteiger partial charge in [-0.1, -0.05) is 13.8 Å². The van der Waals surface area contributed by atoms with Crippen molar-refractivity contribution in [3.8, 4) is 0 Å². The summed E-state index contributed by atoms with van der Waals surface area (Å²) in [5.41, 5.74) is 1.50. The fraction of sp³-hybridized carbons (Fsp3) is 0.417. The topological polar surface area (TPSA) is 62.7 Å². The summed E-state index contributed by atoms with van der Waals surface area (Å²) >= 11 is 8.58. The van der Waals surface area contributed by atoms with Gasteiger partial charge in [0.15, 0.2) is 10.4 Å². The smallest absolute Gasteiger partial charge is 0.240 e. The number of pyridine rings is 1. The van der Waals surface area contributed by atoms with Crippen molar-refractivity contribution in [2.45, 2.75) is 20.4 Å². The number of nitrogens with one attached hydrogen (secondary N) is 2. The van der Waals surface area contributed by atoms with Crippen molar-refractivity contribution in [3.05, 3.63) is 21.5 Å². The van der Waals surface area contributed by atoms with Crippen LogP contribution in [0, 0.1) is 10.7 Å². The maximum Gasteiger partial charge on any atom is 0.240 e. The molecule has 2 aromatic rings. The third-order valence-electron chi connectivity index (χ3n) is 2.58. The number of H-pyrrole nitrogens is 1. The molecular weight excluding hydrogens is 328 g/mol. The number of aromatic nitrogens is 3. The first-order valence-electron chi connectivity index (χ1n) is 5.98. The molecule has 5 nitrogen and oxygen atoms in total. The van der Waals surface area contributed by atoms with Gasteiger partial charge in [0.1, 0.15) is 6.54 Å². The van der Waals surface area contributed by atoms with E-state index < -0.39 is 0 Å². The van der Waals surface area contributed by atoms with Crippen molar-refractivity contribution < 1.29 is 4.79 Å². The zero-order chi connectivity index (χ0) is 14.0. The number of hydrogen-bond donors (Lipinski definition) is 2. The first kappa shape index (κ1) is 14.2. The van der Waals surface area contributed by atoms with Crippen LogP contribution in [0.15, 0.2) is 16.7 Å². The maximum absolute atomic E-state index is 11.8. The van der Waals surface area contributed by atoms with E-state index in [0.717, 1.165) is 9.99 Å². The molecule has 0 aliphatic carbocycles. The molecule has 0 radical (unpaired) electrons. The number of fused-ring (bicyclic) bond motifs is 1. The number of carbonyl (C=O) groups excluding carboxylic acids is 1. The summed E-state index contributed by atoms with van der Waals surface area (Å²) in [4.78, 5) is 19.2. The SMILES string of the molecule is CC(C)CNC(=O)Cn1c(=S)[nH]c2cc(Br)cnc21. The van der Waals surface area contributed by atoms with Crippen LogP contribution in [0.1, 0.15) is 13.8 Å². The second kappa shape index (κ2) is 5.83. The second-order valence-electron chi connectivity index (χ2n) is 4.74. The minimum absolute atomic E-state index is 0.0598. The lowest BCUT2D eigenvalue weighted by Gasteiger charge is -2.08. The van der Waals surface area contributed by atoms with E-state index in [0.29, 0.717) is 22.9 Å². The van der Waals surface area contributed by atoms with Crippen LogP contribution < -0.4 is 5.32 Å². The van der Waals surface area contributed by atoms with E-state index in [1.807, 2.05) is 6.07 Å². The molecule has 0 atom stereocenters. The highest BCUT2D eigenvalue weighted by Gasteiger charge is 2.10. The summed E-state index contributed by atoms with van der Waals surface area (Å²) in [6, 6.07) is 1.89. The van der Waals surface area contributed by atoms with Gasteiger partial charge in [-0.15, -0.1) is 0 Å². The minimum atomic E-state index is -0.0598. The van der Waals surface area contributed by atoms with Gasteiger partial charge in [0.05, 0.1) is 5.52 Å². The van der Waals surface area contributed by atoms with Gasteiger partial charge in [0, 0.05) is 17.2 Å². The van der Waals surface area contributed by atoms with Gasteiger partial charge in [0.2, 0.25) is 5.91 Å². The van der Waals surface area contributed by atoms with Crippen LogP contribution in [0.2, 0.25) is 0 Å². The van der Waals surface area contributed by atoms with Gasteiger partial charge < -0.3 is 10.3 Å². The standard InChI is InChI=1S/C12H15BrN4OS/c1-7(2)4-14-10(18)6-17-11-9(16-12(17)19)3-8(13)5-15-11/h3,5,7H,4,6H2,1-2H3,(H,14,18)(H,16,19). The van der Waals surface area contributed by atoms with Crippen molar-refractivity contribution in [2.75, 3.05) is 6.54 Å². The van der Waals surface area contributed by atoms with E-state index in [4.69, 9.17) is 12.2 Å². The van der Waals surface area contributed by atoms with E-state index in [1.165, 1.54) is 0 Å². The molecular formula is C12H15BrN4OS. The third-order valence-corrected chi connectivity index (χ3v) is 3.34. The molecule has 102 valence electrons. The number of carbonyl (C=O) groups is 1. The average Bonchev–Trinajstić information content (AvgIpc) is 2.62. The first-order valence-corrected chi connectivity index (χ1v) is 7.18. The summed E-state index contributed by atoms with van der Waals surface area (Å²) < 4.78 is 3.07. The lowest BCUT2D eigenvalue weighted by Crippen LogP contribution is -2.30. The molecule has 0 aliphatic rings. The Hall–Kier alpha value is -1.21. The number of aromatic amines is 1. The lowest BCUT2D eigenvalue weighted by molar-refractivity contribution is -0.121. The van der Waals surface area contributed by atoms with Gasteiger partial charge in [-0.25, -0.2) is 4.98 Å². The van der Waals surface area contributed by atoms with Crippen LogP contribution in [0.4, 0.5) is 0 Å². The van der Waals surface area contributed by atoms with Crippen LogP contribution in [-0.2, 0) is 11.3 Å². The Morgan fingerprint density at radius 3 is 3.05 bits per heavy atom. The molecule has 7 heteroatoms. The normalized spacial score (nSPS) is 11.2. The van der Waals surface area contributed by atoms with Gasteiger partial charge in [0.25, 0.3) is 0 Å². The number of hydrogen-bond acceptors (Lipinski definition) is 3. The molecule has 2 aromatic heterocycles. The second-order valence-corrected chi connectivity index (χ2v) is 6.04. The highest BCUT2D eigenvalue weighted by Crippen LogP contribution is 2.16. The molecule has 2 rings (SSSR count). The minimum Gasteiger partial charge on any atom is -0.354 e. The molecule has 0 unspecified atom stereocenters. The number of amides is 1. The summed E-state index contributed by atoms with van der Waals surface area (Å²) in [5, 5.41) is 2.87. The fourth-order valence-electron chi connectivity index (χ4n) is 1.68. The first-order chi connectivity index (χ1) is 8.97. The van der Waals surface area contributed by atoms with Crippen molar-refractivity contribution in [3.63, 3.8) is 0 Å². The van der Waals surface area contributed by atoms with Gasteiger partial charge >= 0.3 is 0 Å². The highest BCUT2D eigenvalue weighted by atomic mass is 79.9. The Labute approximate surface area is 124 Å². The Morgan fingerprint density at radius 2 is 2.37 bits per heavy atom. The quantitative estimate of drug-likeness (QED) is 0.839. The molecule has 0 aliphatic heterocycles. The molecule has 19 heavy (non-hydrogen) atoms. The Morgan fingerprint density at radius 1 is 1.63 bits per heavy atom. The monoisotopic (exact) mass is 342 g/mol. The van der Waals surface area contributed by atoms with Crippen LogP contribution in [0.25, 0.3) is 11.2 Å². The van der Waals surface area contributed by atoms with Gasteiger partial charge in [-0.05, 0) is 40.1 Å². The van der Waals surface area contributed by atoms with E-state index in [2.05, 4.69) is 45.1 Å². The molecule has 0 aromatic carbocycles. The molecule has 0 saturated carbocycles. The van der Waals surface area contributed by atoms with Crippen molar-refractivity contribution in [2.24, 2.45) is 5.92 Å².